The molecule has 1 rings (SSSR count). The molecule has 0 bridgehead atoms. The Labute approximate surface area is 46.6 Å². The first kappa shape index (κ1) is 5.54. The highest BCUT2D eigenvalue weighted by Crippen LogP contribution is 2.16. The van der Waals surface area contributed by atoms with Gasteiger partial charge in [0.05, 0.1) is 5.92 Å². The van der Waals surface area contributed by atoms with E-state index in [9.17, 15) is 9.18 Å². The van der Waals surface area contributed by atoms with Gasteiger partial charge in [-0.3, -0.25) is 4.79 Å². The Hall–Kier alpha value is -0.600. The highest BCUT2D eigenvalue weighted by molar-refractivity contribution is 5.74. The molecule has 0 spiro atoms. The lowest BCUT2D eigenvalue weighted by molar-refractivity contribution is -0.140. The molecule has 1 aliphatic rings. The van der Waals surface area contributed by atoms with Gasteiger partial charge in [0, 0.05) is 0 Å². The van der Waals surface area contributed by atoms with Crippen molar-refractivity contribution in [2.45, 2.75) is 13.1 Å². The van der Waals surface area contributed by atoms with E-state index in [1.54, 1.807) is 0 Å². The summed E-state index contributed by atoms with van der Waals surface area (Å²) in [5.41, 5.74) is 0. The van der Waals surface area contributed by atoms with Crippen molar-refractivity contribution >= 4 is 5.97 Å². The number of esters is 1. The summed E-state index contributed by atoms with van der Waals surface area (Å²) in [7, 11) is 0. The molecular weight excluding hydrogens is 111 g/mol. The summed E-state index contributed by atoms with van der Waals surface area (Å²) in [5, 5.41) is 0. The minimum Gasteiger partial charge on any atom is -0.462 e. The molecule has 2 nitrogen and oxygen atoms in total. The molecule has 46 valence electrons. The van der Waals surface area contributed by atoms with Crippen molar-refractivity contribution in [3.63, 3.8) is 0 Å². The number of hydrogen-bond donors (Lipinski definition) is 0. The predicted octanol–water partition coefficient (Wildman–Crippen LogP) is 0.517. The summed E-state index contributed by atoms with van der Waals surface area (Å²) in [6.45, 7) is 1.47. The van der Waals surface area contributed by atoms with Crippen molar-refractivity contribution in [1.82, 2.24) is 0 Å². The van der Waals surface area contributed by atoms with Gasteiger partial charge in [-0.1, -0.05) is 0 Å². The van der Waals surface area contributed by atoms with E-state index in [1.807, 2.05) is 0 Å². The average Bonchev–Trinajstić information content (AvgIpc) is 1.98. The fourth-order valence-electron chi connectivity index (χ4n) is 0.585. The molecule has 0 aliphatic carbocycles. The third-order valence-electron chi connectivity index (χ3n) is 1.30. The molecule has 8 heavy (non-hydrogen) atoms. The lowest BCUT2D eigenvalue weighted by Gasteiger charge is -1.94. The third kappa shape index (κ3) is 0.680. The first-order chi connectivity index (χ1) is 3.72. The molecule has 1 heterocycles. The first-order valence-corrected chi connectivity index (χ1v) is 2.52. The second kappa shape index (κ2) is 1.73. The Morgan fingerprint density at radius 1 is 1.88 bits per heavy atom. The van der Waals surface area contributed by atoms with Gasteiger partial charge in [-0.05, 0) is 6.92 Å². The highest BCUT2D eigenvalue weighted by Gasteiger charge is 2.32. The molecule has 1 aliphatic heterocycles. The van der Waals surface area contributed by atoms with Gasteiger partial charge in [-0.2, -0.15) is 0 Å². The van der Waals surface area contributed by atoms with Crippen LogP contribution in [0.15, 0.2) is 0 Å². The van der Waals surface area contributed by atoms with Gasteiger partial charge in [-0.25, -0.2) is 4.39 Å². The molecule has 1 saturated heterocycles. The molecule has 3 heteroatoms. The number of carbonyl (C=O) groups is 1. The summed E-state index contributed by atoms with van der Waals surface area (Å²) in [4.78, 5) is 10.3. The summed E-state index contributed by atoms with van der Waals surface area (Å²) in [6.07, 6.45) is -1.08. The summed E-state index contributed by atoms with van der Waals surface area (Å²) in [5.74, 6) is -0.965. The minimum absolute atomic E-state index is 0.0556. The number of hydrogen-bond acceptors (Lipinski definition) is 2. The average molecular weight is 118 g/mol. The fraction of sp³-hybridized carbons (Fsp3) is 0.800. The van der Waals surface area contributed by atoms with Crippen LogP contribution in [0, 0.1) is 5.92 Å². The quantitative estimate of drug-likeness (QED) is 0.433. The fourth-order valence-corrected chi connectivity index (χ4v) is 0.585. The Kier molecular flexibility index (Phi) is 1.19. The lowest BCUT2D eigenvalue weighted by Crippen LogP contribution is -2.11. The van der Waals surface area contributed by atoms with E-state index in [2.05, 4.69) is 4.74 Å². The monoisotopic (exact) mass is 118 g/mol. The smallest absolute Gasteiger partial charge is 0.311 e. The number of rotatable bonds is 0. The molecule has 0 aromatic rings. The Balaban J connectivity index is 2.56. The van der Waals surface area contributed by atoms with Crippen LogP contribution in [0.4, 0.5) is 4.39 Å². The van der Waals surface area contributed by atoms with Gasteiger partial charge >= 0.3 is 5.97 Å². The minimum atomic E-state index is -1.08. The van der Waals surface area contributed by atoms with Crippen LogP contribution in [0.5, 0.6) is 0 Å². The van der Waals surface area contributed by atoms with Crippen molar-refractivity contribution < 1.29 is 13.9 Å². The van der Waals surface area contributed by atoms with Crippen LogP contribution < -0.4 is 0 Å². The van der Waals surface area contributed by atoms with E-state index in [0.717, 1.165) is 0 Å². The Morgan fingerprint density at radius 2 is 2.50 bits per heavy atom. The zero-order chi connectivity index (χ0) is 6.15. The topological polar surface area (TPSA) is 26.3 Å². The van der Waals surface area contributed by atoms with Crippen molar-refractivity contribution in [2.24, 2.45) is 5.92 Å². The number of cyclic esters (lactones) is 1. The lowest BCUT2D eigenvalue weighted by atomic mass is 10.1. The maximum absolute atomic E-state index is 12.2. The second-order valence-electron chi connectivity index (χ2n) is 1.93. The van der Waals surface area contributed by atoms with Crippen LogP contribution in [-0.2, 0) is 9.53 Å². The first-order valence-electron chi connectivity index (χ1n) is 2.52. The van der Waals surface area contributed by atoms with E-state index in [0.29, 0.717) is 0 Å². The Bertz CT molecular complexity index is 113. The third-order valence-corrected chi connectivity index (χ3v) is 1.30. The van der Waals surface area contributed by atoms with Crippen molar-refractivity contribution in [3.8, 4) is 0 Å². The number of ether oxygens (including phenoxy) is 1. The van der Waals surface area contributed by atoms with Crippen molar-refractivity contribution in [1.29, 1.82) is 0 Å². The molecule has 0 amide bonds. The van der Waals surface area contributed by atoms with Gasteiger partial charge in [0.2, 0.25) is 0 Å². The summed E-state index contributed by atoms with van der Waals surface area (Å²) < 4.78 is 16.6. The summed E-state index contributed by atoms with van der Waals surface area (Å²) in [6, 6.07) is 0. The van der Waals surface area contributed by atoms with E-state index < -0.39 is 18.1 Å². The SMILES string of the molecule is CC1C(=O)OCC1F. The van der Waals surface area contributed by atoms with Gasteiger partial charge in [0.1, 0.15) is 12.8 Å². The highest BCUT2D eigenvalue weighted by atomic mass is 19.1. The normalized spacial score (nSPS) is 37.5. The number of halogens is 1. The van der Waals surface area contributed by atoms with Gasteiger partial charge in [0.15, 0.2) is 0 Å². The molecular formula is C5H7FO2. The molecule has 2 atom stereocenters. The predicted molar refractivity (Wildman–Crippen MR) is 25.0 cm³/mol. The maximum atomic E-state index is 12.2. The standard InChI is InChI=1S/C5H7FO2/c1-3-4(6)2-8-5(3)7/h3-4H,2H2,1H3. The Morgan fingerprint density at radius 3 is 2.62 bits per heavy atom. The van der Waals surface area contributed by atoms with Crippen molar-refractivity contribution in [3.05, 3.63) is 0 Å². The van der Waals surface area contributed by atoms with Crippen LogP contribution in [0.3, 0.4) is 0 Å². The number of carbonyl (C=O) groups excluding carboxylic acids is 1. The van der Waals surface area contributed by atoms with E-state index >= 15 is 0 Å². The maximum Gasteiger partial charge on any atom is 0.311 e. The molecule has 0 aromatic heterocycles. The summed E-state index contributed by atoms with van der Waals surface area (Å²) >= 11 is 0. The van der Waals surface area contributed by atoms with Crippen LogP contribution in [0.25, 0.3) is 0 Å². The van der Waals surface area contributed by atoms with Crippen LogP contribution in [-0.4, -0.2) is 18.7 Å². The van der Waals surface area contributed by atoms with Crippen LogP contribution >= 0.6 is 0 Å². The van der Waals surface area contributed by atoms with Gasteiger partial charge in [-0.15, -0.1) is 0 Å². The van der Waals surface area contributed by atoms with E-state index in [1.165, 1.54) is 6.92 Å². The van der Waals surface area contributed by atoms with Gasteiger partial charge < -0.3 is 4.74 Å². The molecule has 0 saturated carbocycles. The van der Waals surface area contributed by atoms with Crippen LogP contribution in [0.1, 0.15) is 6.92 Å². The van der Waals surface area contributed by atoms with E-state index in [4.69, 9.17) is 0 Å². The molecule has 0 radical (unpaired) electrons. The van der Waals surface area contributed by atoms with Crippen molar-refractivity contribution in [2.75, 3.05) is 6.61 Å². The zero-order valence-corrected chi connectivity index (χ0v) is 4.56. The molecule has 0 N–H and O–H groups in total. The zero-order valence-electron chi connectivity index (χ0n) is 4.56. The second-order valence-corrected chi connectivity index (χ2v) is 1.93. The number of alkyl halides is 1. The molecule has 0 aromatic carbocycles. The van der Waals surface area contributed by atoms with Crippen LogP contribution in [0.2, 0.25) is 0 Å². The largest absolute Gasteiger partial charge is 0.462 e. The molecule has 2 unspecified atom stereocenters. The molecule has 1 fully saturated rings. The van der Waals surface area contributed by atoms with E-state index in [-0.39, 0.29) is 6.61 Å². The van der Waals surface area contributed by atoms with Gasteiger partial charge in [0.25, 0.3) is 0 Å².